The van der Waals surface area contributed by atoms with Crippen molar-refractivity contribution in [2.75, 3.05) is 5.32 Å². The maximum atomic E-state index is 12.3. The van der Waals surface area contributed by atoms with Crippen LogP contribution in [0.15, 0.2) is 55.0 Å². The van der Waals surface area contributed by atoms with Gasteiger partial charge in [0.25, 0.3) is 0 Å². The molecule has 0 unspecified atom stereocenters. The molecule has 5 rings (SSSR count). The third kappa shape index (κ3) is 3.94. The number of carbonyl (C=O) groups excluding carboxylic acids is 1. The first-order valence-electron chi connectivity index (χ1n) is 10.4. The Morgan fingerprint density at radius 3 is 2.75 bits per heavy atom. The molecule has 0 aliphatic carbocycles. The highest BCUT2D eigenvalue weighted by Gasteiger charge is 2.17. The Morgan fingerprint density at radius 1 is 1.06 bits per heavy atom. The van der Waals surface area contributed by atoms with E-state index < -0.39 is 0 Å². The number of H-pyrrole nitrogens is 2. The second-order valence-corrected chi connectivity index (χ2v) is 9.04. The normalized spacial score (nSPS) is 11.8. The summed E-state index contributed by atoms with van der Waals surface area (Å²) in [5.41, 5.74) is 5.60. The largest absolute Gasteiger partial charge is 0.335 e. The Morgan fingerprint density at radius 2 is 1.94 bits per heavy atom. The highest BCUT2D eigenvalue weighted by molar-refractivity contribution is 5.96. The van der Waals surface area contributed by atoms with Crippen LogP contribution in [0.4, 0.5) is 5.69 Å². The van der Waals surface area contributed by atoms with E-state index in [4.69, 9.17) is 0 Å². The van der Waals surface area contributed by atoms with Crippen LogP contribution in [0.25, 0.3) is 44.7 Å². The third-order valence-corrected chi connectivity index (χ3v) is 5.09. The van der Waals surface area contributed by atoms with Crippen molar-refractivity contribution >= 4 is 33.7 Å². The van der Waals surface area contributed by atoms with E-state index in [2.05, 4.69) is 35.5 Å². The van der Waals surface area contributed by atoms with Gasteiger partial charge in [-0.3, -0.25) is 14.9 Å². The van der Waals surface area contributed by atoms with Gasteiger partial charge in [0.15, 0.2) is 11.5 Å². The van der Waals surface area contributed by atoms with Gasteiger partial charge in [-0.2, -0.15) is 5.10 Å². The van der Waals surface area contributed by atoms with Gasteiger partial charge >= 0.3 is 0 Å². The lowest BCUT2D eigenvalue weighted by molar-refractivity contribution is -0.117. The summed E-state index contributed by atoms with van der Waals surface area (Å²) in [7, 11) is 0. The van der Waals surface area contributed by atoms with E-state index in [1.807, 2.05) is 57.2 Å². The number of pyridine rings is 2. The monoisotopic (exact) mass is 425 g/mol. The molecule has 0 saturated heterocycles. The highest BCUT2D eigenvalue weighted by Crippen LogP contribution is 2.30. The van der Waals surface area contributed by atoms with Crippen molar-refractivity contribution in [3.63, 3.8) is 0 Å². The molecule has 0 atom stereocenters. The predicted octanol–water partition coefficient (Wildman–Crippen LogP) is 4.94. The smallest absolute Gasteiger partial charge is 0.224 e. The minimum absolute atomic E-state index is 0.0254. The summed E-state index contributed by atoms with van der Waals surface area (Å²) in [6.45, 7) is 6.12. The number of nitrogens with one attached hydrogen (secondary N) is 3. The molecule has 160 valence electrons. The fourth-order valence-corrected chi connectivity index (χ4v) is 3.68. The number of fused-ring (bicyclic) bond motifs is 2. The van der Waals surface area contributed by atoms with Crippen LogP contribution in [0.3, 0.4) is 0 Å². The lowest BCUT2D eigenvalue weighted by Crippen LogP contribution is -2.19. The fourth-order valence-electron chi connectivity index (χ4n) is 3.68. The van der Waals surface area contributed by atoms with Gasteiger partial charge in [0.2, 0.25) is 5.91 Å². The first kappa shape index (κ1) is 19.9. The number of aromatic nitrogens is 6. The summed E-state index contributed by atoms with van der Waals surface area (Å²) in [5, 5.41) is 11.4. The number of rotatable bonds is 4. The molecule has 32 heavy (non-hydrogen) atoms. The maximum Gasteiger partial charge on any atom is 0.224 e. The van der Waals surface area contributed by atoms with Crippen LogP contribution >= 0.6 is 0 Å². The summed E-state index contributed by atoms with van der Waals surface area (Å²) in [6, 6.07) is 11.8. The van der Waals surface area contributed by atoms with Crippen molar-refractivity contribution in [2.45, 2.75) is 27.2 Å². The number of nitrogens with zero attached hydrogens (tertiary/aromatic N) is 4. The third-order valence-electron chi connectivity index (χ3n) is 5.09. The average molecular weight is 425 g/mol. The number of anilines is 1. The van der Waals surface area contributed by atoms with Crippen LogP contribution in [-0.2, 0) is 4.79 Å². The first-order chi connectivity index (χ1) is 15.4. The Labute approximate surface area is 184 Å². The Balaban J connectivity index is 1.49. The van der Waals surface area contributed by atoms with Crippen molar-refractivity contribution < 1.29 is 4.79 Å². The Hall–Kier alpha value is -4.07. The van der Waals surface area contributed by atoms with Gasteiger partial charge < -0.3 is 10.3 Å². The summed E-state index contributed by atoms with van der Waals surface area (Å²) < 4.78 is 0. The summed E-state index contributed by atoms with van der Waals surface area (Å²) >= 11 is 0. The lowest BCUT2D eigenvalue weighted by Gasteiger charge is -2.17. The van der Waals surface area contributed by atoms with Crippen molar-refractivity contribution in [2.24, 2.45) is 5.41 Å². The zero-order valence-electron chi connectivity index (χ0n) is 18.1. The molecule has 8 heteroatoms. The first-order valence-corrected chi connectivity index (χ1v) is 10.4. The average Bonchev–Trinajstić information content (AvgIpc) is 3.35. The second kappa shape index (κ2) is 7.56. The second-order valence-electron chi connectivity index (χ2n) is 9.04. The molecule has 0 fully saturated rings. The number of amides is 1. The molecular formula is C24H23N7O. The van der Waals surface area contributed by atoms with Gasteiger partial charge in [0.05, 0.1) is 22.9 Å². The van der Waals surface area contributed by atoms with Gasteiger partial charge in [0, 0.05) is 29.8 Å². The van der Waals surface area contributed by atoms with Gasteiger partial charge in [-0.1, -0.05) is 26.8 Å². The number of carbonyl (C=O) groups is 1. The molecule has 5 aromatic rings. The molecule has 0 aliphatic heterocycles. The van der Waals surface area contributed by atoms with Gasteiger partial charge in [0.1, 0.15) is 5.69 Å². The van der Waals surface area contributed by atoms with E-state index in [9.17, 15) is 4.79 Å². The van der Waals surface area contributed by atoms with E-state index in [1.54, 1.807) is 18.6 Å². The van der Waals surface area contributed by atoms with E-state index in [1.165, 1.54) is 0 Å². The molecule has 3 N–H and O–H groups in total. The number of imidazole rings is 1. The highest BCUT2D eigenvalue weighted by atomic mass is 16.1. The van der Waals surface area contributed by atoms with Crippen molar-refractivity contribution in [1.29, 1.82) is 0 Å². The number of hydrogen-bond acceptors (Lipinski definition) is 5. The van der Waals surface area contributed by atoms with Gasteiger partial charge in [-0.25, -0.2) is 9.97 Å². The fraction of sp³-hybridized carbons (Fsp3) is 0.208. The number of benzene rings is 1. The molecule has 4 heterocycles. The quantitative estimate of drug-likeness (QED) is 0.378. The van der Waals surface area contributed by atoms with Crippen molar-refractivity contribution in [3.8, 4) is 22.6 Å². The van der Waals surface area contributed by atoms with Crippen LogP contribution in [-0.4, -0.2) is 36.0 Å². The molecule has 1 amide bonds. The minimum atomic E-state index is -0.0793. The van der Waals surface area contributed by atoms with Crippen LogP contribution < -0.4 is 5.32 Å². The summed E-state index contributed by atoms with van der Waals surface area (Å²) in [4.78, 5) is 28.8. The molecule has 4 aromatic heterocycles. The molecule has 8 nitrogen and oxygen atoms in total. The van der Waals surface area contributed by atoms with Crippen LogP contribution in [0, 0.1) is 5.41 Å². The minimum Gasteiger partial charge on any atom is -0.335 e. The Bertz CT molecular complexity index is 1410. The number of hydrogen-bond donors (Lipinski definition) is 3. The topological polar surface area (TPSA) is 112 Å². The zero-order chi connectivity index (χ0) is 22.3. The van der Waals surface area contributed by atoms with E-state index >= 15 is 0 Å². The summed E-state index contributed by atoms with van der Waals surface area (Å²) in [5.74, 6) is 0.630. The summed E-state index contributed by atoms with van der Waals surface area (Å²) in [6.07, 6.45) is 5.60. The maximum absolute atomic E-state index is 12.3. The molecule has 0 aliphatic rings. The molecule has 0 bridgehead atoms. The lowest BCUT2D eigenvalue weighted by atomic mass is 9.92. The zero-order valence-corrected chi connectivity index (χ0v) is 18.1. The predicted molar refractivity (Wildman–Crippen MR) is 125 cm³/mol. The van der Waals surface area contributed by atoms with E-state index in [0.29, 0.717) is 23.6 Å². The van der Waals surface area contributed by atoms with Gasteiger partial charge in [-0.15, -0.1) is 0 Å². The van der Waals surface area contributed by atoms with Crippen molar-refractivity contribution in [3.05, 3.63) is 55.0 Å². The SMILES string of the molecule is CC(C)(C)CC(=O)Nc1cncc(-c2ccc3[nH]nc(-c4nc5ncccc5[nH]4)c3c2)c1. The standard InChI is InChI=1S/C24H23N7O/c1-24(2,3)11-20(32)27-16-9-15(12-25-13-16)14-6-7-18-17(10-14)21(31-30-18)23-28-19-5-4-8-26-22(19)29-23/h4-10,12-13H,11H2,1-3H3,(H,27,32)(H,30,31)(H,26,28,29). The molecular weight excluding hydrogens is 402 g/mol. The number of aromatic amines is 2. The van der Waals surface area contributed by atoms with Gasteiger partial charge in [-0.05, 0) is 41.3 Å². The molecule has 0 spiro atoms. The van der Waals surface area contributed by atoms with E-state index in [-0.39, 0.29) is 11.3 Å². The van der Waals surface area contributed by atoms with E-state index in [0.717, 1.165) is 33.2 Å². The molecule has 0 saturated carbocycles. The van der Waals surface area contributed by atoms with Crippen LogP contribution in [0.2, 0.25) is 0 Å². The van der Waals surface area contributed by atoms with Crippen molar-refractivity contribution in [1.82, 2.24) is 30.1 Å². The molecule has 0 radical (unpaired) electrons. The van der Waals surface area contributed by atoms with Crippen LogP contribution in [0.1, 0.15) is 27.2 Å². The van der Waals surface area contributed by atoms with Crippen LogP contribution in [0.5, 0.6) is 0 Å². The molecule has 1 aromatic carbocycles. The Kier molecular flexibility index (Phi) is 4.70.